The van der Waals surface area contributed by atoms with E-state index in [-0.39, 0.29) is 29.1 Å². The zero-order valence-corrected chi connectivity index (χ0v) is 11.0. The smallest absolute Gasteiger partial charge is 0.240 e. The van der Waals surface area contributed by atoms with E-state index >= 15 is 0 Å². The van der Waals surface area contributed by atoms with Crippen LogP contribution in [0.15, 0.2) is 23.7 Å². The summed E-state index contributed by atoms with van der Waals surface area (Å²) in [6.45, 7) is 0. The lowest BCUT2D eigenvalue weighted by Crippen LogP contribution is -2.34. The molecule has 4 nitrogen and oxygen atoms in total. The second-order valence-electron chi connectivity index (χ2n) is 6.05. The molecule has 5 heteroatoms. The van der Waals surface area contributed by atoms with Gasteiger partial charge in [0.25, 0.3) is 0 Å². The van der Waals surface area contributed by atoms with Gasteiger partial charge in [-0.1, -0.05) is 12.2 Å². The Balaban J connectivity index is 1.62. The van der Waals surface area contributed by atoms with E-state index in [4.69, 9.17) is 0 Å². The molecule has 1 aromatic rings. The molecule has 4 aliphatic rings. The molecule has 0 aromatic carbocycles. The van der Waals surface area contributed by atoms with Crippen LogP contribution in [0.5, 0.6) is 0 Å². The molecule has 4 atom stereocenters. The van der Waals surface area contributed by atoms with E-state index in [2.05, 4.69) is 17.1 Å². The monoisotopic (exact) mass is 272 g/mol. The van der Waals surface area contributed by atoms with Crippen molar-refractivity contribution in [3.8, 4) is 0 Å². The van der Waals surface area contributed by atoms with Gasteiger partial charge in [0.1, 0.15) is 0 Å². The summed E-state index contributed by atoms with van der Waals surface area (Å²) in [4.78, 5) is 30.7. The topological polar surface area (TPSA) is 50.3 Å². The molecule has 1 aliphatic heterocycles. The highest BCUT2D eigenvalue weighted by Gasteiger charge is 2.73. The second kappa shape index (κ2) is 2.98. The van der Waals surface area contributed by atoms with Crippen LogP contribution in [-0.4, -0.2) is 16.8 Å². The fourth-order valence-electron chi connectivity index (χ4n) is 4.59. The van der Waals surface area contributed by atoms with E-state index in [1.807, 2.05) is 0 Å². The lowest BCUT2D eigenvalue weighted by Gasteiger charge is -2.19. The Morgan fingerprint density at radius 3 is 2.26 bits per heavy atom. The molecule has 2 bridgehead atoms. The summed E-state index contributed by atoms with van der Waals surface area (Å²) < 4.78 is 0. The van der Waals surface area contributed by atoms with Crippen LogP contribution in [0, 0.1) is 29.1 Å². The van der Waals surface area contributed by atoms with Crippen molar-refractivity contribution >= 4 is 28.3 Å². The molecule has 5 rings (SSSR count). The average molecular weight is 272 g/mol. The molecule has 1 aromatic heterocycles. The molecule has 0 N–H and O–H groups in total. The number of fused-ring (bicyclic) bond motifs is 3. The summed E-state index contributed by atoms with van der Waals surface area (Å²) in [5.74, 6) is 0.316. The van der Waals surface area contributed by atoms with Crippen molar-refractivity contribution in [1.29, 1.82) is 0 Å². The maximum Gasteiger partial charge on any atom is 0.240 e. The molecule has 1 saturated heterocycles. The van der Waals surface area contributed by atoms with Crippen LogP contribution in [-0.2, 0) is 9.59 Å². The van der Waals surface area contributed by atoms with Gasteiger partial charge in [-0.25, -0.2) is 9.88 Å². The lowest BCUT2D eigenvalue weighted by atomic mass is 9.85. The maximum atomic E-state index is 12.6. The first-order chi connectivity index (χ1) is 9.24. The summed E-state index contributed by atoms with van der Waals surface area (Å²) >= 11 is 1.36. The number of amides is 2. The van der Waals surface area contributed by atoms with Gasteiger partial charge in [0, 0.05) is 11.6 Å². The third kappa shape index (κ3) is 0.982. The Bertz CT molecular complexity index is 598. The molecule has 1 spiro atoms. The van der Waals surface area contributed by atoms with Crippen molar-refractivity contribution in [2.75, 3.05) is 4.90 Å². The van der Waals surface area contributed by atoms with E-state index in [1.54, 1.807) is 11.6 Å². The number of hydrogen-bond acceptors (Lipinski definition) is 4. The number of allylic oxidation sites excluding steroid dienone is 2. The number of carbonyl (C=O) groups is 2. The summed E-state index contributed by atoms with van der Waals surface area (Å²) in [5, 5.41) is 2.34. The fourth-order valence-corrected chi connectivity index (χ4v) is 5.24. The lowest BCUT2D eigenvalue weighted by molar-refractivity contribution is -0.123. The Labute approximate surface area is 114 Å². The molecule has 0 radical (unpaired) electrons. The molecular weight excluding hydrogens is 260 g/mol. The maximum absolute atomic E-state index is 12.6. The predicted molar refractivity (Wildman–Crippen MR) is 69.4 cm³/mol. The number of hydrogen-bond donors (Lipinski definition) is 0. The number of carbonyl (C=O) groups excluding carboxylic acids is 2. The van der Waals surface area contributed by atoms with Gasteiger partial charge in [-0.3, -0.25) is 9.59 Å². The number of imide groups is 1. The number of nitrogens with zero attached hydrogens (tertiary/aromatic N) is 2. The minimum atomic E-state index is -0.117. The Hall–Kier alpha value is -1.49. The Morgan fingerprint density at radius 1 is 1.16 bits per heavy atom. The molecular formula is C14H12N2O2S. The number of anilines is 1. The summed E-state index contributed by atoms with van der Waals surface area (Å²) in [6.07, 6.45) is 8.38. The van der Waals surface area contributed by atoms with Gasteiger partial charge in [0.15, 0.2) is 5.13 Å². The first-order valence-electron chi connectivity index (χ1n) is 6.70. The number of thiazole rings is 1. The van der Waals surface area contributed by atoms with Crippen LogP contribution in [0.3, 0.4) is 0 Å². The highest BCUT2D eigenvalue weighted by molar-refractivity contribution is 7.14. The first kappa shape index (κ1) is 10.3. The summed E-state index contributed by atoms with van der Waals surface area (Å²) in [7, 11) is 0. The molecule has 96 valence electrons. The van der Waals surface area contributed by atoms with E-state index in [1.165, 1.54) is 29.1 Å². The molecule has 2 saturated carbocycles. The summed E-state index contributed by atoms with van der Waals surface area (Å²) in [6, 6.07) is 0. The van der Waals surface area contributed by atoms with E-state index in [0.29, 0.717) is 17.0 Å². The number of rotatable bonds is 1. The van der Waals surface area contributed by atoms with E-state index in [9.17, 15) is 9.59 Å². The van der Waals surface area contributed by atoms with Gasteiger partial charge in [-0.2, -0.15) is 0 Å². The van der Waals surface area contributed by atoms with Crippen molar-refractivity contribution in [3.63, 3.8) is 0 Å². The molecule has 2 heterocycles. The van der Waals surface area contributed by atoms with Gasteiger partial charge in [-0.05, 0) is 30.1 Å². The van der Waals surface area contributed by atoms with Crippen LogP contribution in [0.4, 0.5) is 5.13 Å². The van der Waals surface area contributed by atoms with Crippen LogP contribution in [0.25, 0.3) is 0 Å². The largest absolute Gasteiger partial charge is 0.274 e. The SMILES string of the molecule is O=C1[C@@H]2[C@H](C(=O)N1c1nccs1)[C@H]1C=C[C@H]2C12CC2. The Kier molecular flexibility index (Phi) is 1.62. The van der Waals surface area contributed by atoms with Gasteiger partial charge in [-0.15, -0.1) is 11.3 Å². The average Bonchev–Trinajstić information content (AvgIpc) is 2.70. The molecule has 2 amide bonds. The summed E-state index contributed by atoms with van der Waals surface area (Å²) in [5.41, 5.74) is 0.273. The van der Waals surface area contributed by atoms with Gasteiger partial charge >= 0.3 is 0 Å². The van der Waals surface area contributed by atoms with Crippen molar-refractivity contribution in [2.45, 2.75) is 12.8 Å². The van der Waals surface area contributed by atoms with Crippen LogP contribution >= 0.6 is 11.3 Å². The zero-order valence-electron chi connectivity index (χ0n) is 10.2. The number of aromatic nitrogens is 1. The third-order valence-electron chi connectivity index (χ3n) is 5.46. The molecule has 3 fully saturated rings. The zero-order chi connectivity index (χ0) is 12.8. The molecule has 19 heavy (non-hydrogen) atoms. The van der Waals surface area contributed by atoms with Crippen molar-refractivity contribution < 1.29 is 9.59 Å². The standard InChI is InChI=1S/C14H12N2O2S/c17-11-9-7-1-2-8(14(7)3-4-14)10(9)12(18)16(11)13-15-5-6-19-13/h1-2,5-10H,3-4H2/t7-,8-,9-,10+/m1/s1. The predicted octanol–water partition coefficient (Wildman–Crippen LogP) is 1.84. The quantitative estimate of drug-likeness (QED) is 0.579. The first-order valence-corrected chi connectivity index (χ1v) is 7.58. The normalized spacial score (nSPS) is 40.5. The van der Waals surface area contributed by atoms with Gasteiger partial charge in [0.05, 0.1) is 11.8 Å². The van der Waals surface area contributed by atoms with Gasteiger partial charge in [0.2, 0.25) is 11.8 Å². The molecule has 3 aliphatic carbocycles. The van der Waals surface area contributed by atoms with Crippen LogP contribution < -0.4 is 4.90 Å². The Morgan fingerprint density at radius 2 is 1.79 bits per heavy atom. The molecule has 0 unspecified atom stereocenters. The van der Waals surface area contributed by atoms with E-state index in [0.717, 1.165) is 0 Å². The minimum Gasteiger partial charge on any atom is -0.274 e. The minimum absolute atomic E-state index is 0.0203. The van der Waals surface area contributed by atoms with Gasteiger partial charge < -0.3 is 0 Å². The van der Waals surface area contributed by atoms with E-state index < -0.39 is 0 Å². The van der Waals surface area contributed by atoms with Crippen LogP contribution in [0.2, 0.25) is 0 Å². The highest BCUT2D eigenvalue weighted by Crippen LogP contribution is 2.73. The van der Waals surface area contributed by atoms with Crippen molar-refractivity contribution in [2.24, 2.45) is 29.1 Å². The second-order valence-corrected chi connectivity index (χ2v) is 6.92. The fraction of sp³-hybridized carbons (Fsp3) is 0.500. The third-order valence-corrected chi connectivity index (χ3v) is 6.22. The van der Waals surface area contributed by atoms with Crippen LogP contribution in [0.1, 0.15) is 12.8 Å². The van der Waals surface area contributed by atoms with Crippen molar-refractivity contribution in [3.05, 3.63) is 23.7 Å². The van der Waals surface area contributed by atoms with Crippen molar-refractivity contribution in [1.82, 2.24) is 4.98 Å². The highest BCUT2D eigenvalue weighted by atomic mass is 32.1.